The van der Waals surface area contributed by atoms with E-state index in [2.05, 4.69) is 46.5 Å². The van der Waals surface area contributed by atoms with Crippen LogP contribution in [0.2, 0.25) is 0 Å². The molecule has 1 amide bonds. The number of nitrogens with two attached hydrogens (primary N) is 1. The lowest BCUT2D eigenvalue weighted by atomic mass is 9.86. The van der Waals surface area contributed by atoms with Gasteiger partial charge in [0, 0.05) is 25.2 Å². The number of methoxy groups -OCH3 is 1. The summed E-state index contributed by atoms with van der Waals surface area (Å²) in [6, 6.07) is 3.60. The van der Waals surface area contributed by atoms with Crippen LogP contribution in [0.15, 0.2) is 12.1 Å². The van der Waals surface area contributed by atoms with Crippen LogP contribution in [0.25, 0.3) is 0 Å². The molecule has 0 bridgehead atoms. The molecule has 1 rings (SSSR count). The molecule has 0 aliphatic rings. The van der Waals surface area contributed by atoms with Crippen molar-refractivity contribution in [2.24, 2.45) is 5.41 Å². The van der Waals surface area contributed by atoms with Gasteiger partial charge in [0.05, 0.1) is 19.3 Å². The van der Waals surface area contributed by atoms with Crippen LogP contribution >= 0.6 is 0 Å². The standard InChI is InChI=1S/C22H40N4O2/c1-8-10-14-25(15-11-9-2)20(27)16-26(17(3)22(4,5)6)21-18(23)12-13-19(24-21)28-7/h12-13,17H,8-11,14-16,23H2,1-7H3/t17-/m0/s1. The Morgan fingerprint density at radius 1 is 1.18 bits per heavy atom. The van der Waals surface area contributed by atoms with Crippen LogP contribution in [0, 0.1) is 5.41 Å². The van der Waals surface area contributed by atoms with Crippen molar-refractivity contribution < 1.29 is 9.53 Å². The molecule has 0 aromatic carbocycles. The maximum atomic E-state index is 13.2. The molecule has 1 aromatic heterocycles. The molecule has 28 heavy (non-hydrogen) atoms. The van der Waals surface area contributed by atoms with Crippen LogP contribution in [-0.2, 0) is 4.79 Å². The summed E-state index contributed by atoms with van der Waals surface area (Å²) in [5.74, 6) is 1.24. The second kappa shape index (κ2) is 11.1. The SMILES string of the molecule is CCCCN(CCCC)C(=O)CN(c1nc(OC)ccc1N)[C@@H](C)C(C)(C)C. The summed E-state index contributed by atoms with van der Waals surface area (Å²) in [6.07, 6.45) is 4.18. The lowest BCUT2D eigenvalue weighted by Crippen LogP contribution is -2.49. The number of ether oxygens (including phenoxy) is 1. The molecule has 0 saturated heterocycles. The molecule has 0 spiro atoms. The summed E-state index contributed by atoms with van der Waals surface area (Å²) in [5, 5.41) is 0. The number of carbonyl (C=O) groups is 1. The summed E-state index contributed by atoms with van der Waals surface area (Å²) in [6.45, 7) is 14.8. The fourth-order valence-corrected chi connectivity index (χ4v) is 2.95. The van der Waals surface area contributed by atoms with Crippen molar-refractivity contribution >= 4 is 17.4 Å². The maximum Gasteiger partial charge on any atom is 0.242 e. The summed E-state index contributed by atoms with van der Waals surface area (Å²) in [5.41, 5.74) is 6.76. The van der Waals surface area contributed by atoms with Gasteiger partial charge < -0.3 is 20.3 Å². The van der Waals surface area contributed by atoms with E-state index in [1.165, 1.54) is 0 Å². The van der Waals surface area contributed by atoms with Gasteiger partial charge >= 0.3 is 0 Å². The number of pyridine rings is 1. The van der Waals surface area contributed by atoms with Gasteiger partial charge in [0.2, 0.25) is 11.8 Å². The predicted octanol–water partition coefficient (Wildman–Crippen LogP) is 4.34. The van der Waals surface area contributed by atoms with Crippen molar-refractivity contribution in [3.63, 3.8) is 0 Å². The Morgan fingerprint density at radius 2 is 1.75 bits per heavy atom. The average Bonchev–Trinajstić information content (AvgIpc) is 2.65. The number of unbranched alkanes of at least 4 members (excludes halogenated alkanes) is 2. The summed E-state index contributed by atoms with van der Waals surface area (Å²) < 4.78 is 5.30. The normalized spacial score (nSPS) is 12.5. The fourth-order valence-electron chi connectivity index (χ4n) is 2.95. The first-order valence-electron chi connectivity index (χ1n) is 10.5. The first-order chi connectivity index (χ1) is 13.1. The Hall–Kier alpha value is -1.98. The average molecular weight is 393 g/mol. The van der Waals surface area contributed by atoms with Crippen molar-refractivity contribution in [2.45, 2.75) is 73.3 Å². The molecule has 1 aromatic rings. The van der Waals surface area contributed by atoms with Crippen LogP contribution < -0.4 is 15.4 Å². The van der Waals surface area contributed by atoms with E-state index in [0.29, 0.717) is 17.4 Å². The summed E-state index contributed by atoms with van der Waals surface area (Å²) in [4.78, 5) is 21.8. The quantitative estimate of drug-likeness (QED) is 0.606. The van der Waals surface area contributed by atoms with E-state index in [9.17, 15) is 4.79 Å². The molecule has 0 fully saturated rings. The van der Waals surface area contributed by atoms with Crippen LogP contribution in [0.4, 0.5) is 11.5 Å². The number of hydrogen-bond acceptors (Lipinski definition) is 5. The van der Waals surface area contributed by atoms with Gasteiger partial charge in [-0.3, -0.25) is 4.79 Å². The summed E-state index contributed by atoms with van der Waals surface area (Å²) in [7, 11) is 1.59. The maximum absolute atomic E-state index is 13.2. The molecule has 2 N–H and O–H groups in total. The largest absolute Gasteiger partial charge is 0.481 e. The molecule has 0 aliphatic heterocycles. The first kappa shape index (κ1) is 24.1. The topological polar surface area (TPSA) is 71.7 Å². The molecule has 160 valence electrons. The number of nitrogen functional groups attached to an aromatic ring is 1. The molecule has 6 heteroatoms. The molecule has 0 unspecified atom stereocenters. The van der Waals surface area contributed by atoms with Crippen molar-refractivity contribution in [2.75, 3.05) is 37.4 Å². The number of amides is 1. The highest BCUT2D eigenvalue weighted by molar-refractivity contribution is 5.82. The smallest absolute Gasteiger partial charge is 0.242 e. The highest BCUT2D eigenvalue weighted by Gasteiger charge is 2.31. The highest BCUT2D eigenvalue weighted by atomic mass is 16.5. The van der Waals surface area contributed by atoms with Gasteiger partial charge in [-0.2, -0.15) is 4.98 Å². The van der Waals surface area contributed by atoms with Crippen molar-refractivity contribution in [3.05, 3.63) is 12.1 Å². The van der Waals surface area contributed by atoms with Crippen molar-refractivity contribution in [1.29, 1.82) is 0 Å². The Labute approximate surface area is 171 Å². The molecule has 0 saturated carbocycles. The minimum Gasteiger partial charge on any atom is -0.481 e. The third-order valence-electron chi connectivity index (χ3n) is 5.30. The van der Waals surface area contributed by atoms with Crippen molar-refractivity contribution in [1.82, 2.24) is 9.88 Å². The van der Waals surface area contributed by atoms with Crippen molar-refractivity contribution in [3.8, 4) is 5.88 Å². The van der Waals surface area contributed by atoms with Gasteiger partial charge in [-0.1, -0.05) is 47.5 Å². The van der Waals surface area contributed by atoms with E-state index in [-0.39, 0.29) is 23.9 Å². The second-order valence-corrected chi connectivity index (χ2v) is 8.52. The molecule has 0 radical (unpaired) electrons. The van der Waals surface area contributed by atoms with Gasteiger partial charge in [-0.25, -0.2) is 0 Å². The zero-order chi connectivity index (χ0) is 21.3. The molecule has 0 aliphatic carbocycles. The second-order valence-electron chi connectivity index (χ2n) is 8.52. The monoisotopic (exact) mass is 392 g/mol. The summed E-state index contributed by atoms with van der Waals surface area (Å²) >= 11 is 0. The predicted molar refractivity (Wildman–Crippen MR) is 118 cm³/mol. The van der Waals surface area contributed by atoms with E-state index in [0.717, 1.165) is 38.8 Å². The number of aromatic nitrogens is 1. The van der Waals surface area contributed by atoms with Gasteiger partial charge in [-0.05, 0) is 31.2 Å². The molecule has 6 nitrogen and oxygen atoms in total. The van der Waals surface area contributed by atoms with Crippen LogP contribution in [0.3, 0.4) is 0 Å². The van der Waals surface area contributed by atoms with Crippen LogP contribution in [-0.4, -0.2) is 48.6 Å². The van der Waals surface area contributed by atoms with E-state index in [1.807, 2.05) is 9.80 Å². The van der Waals surface area contributed by atoms with E-state index in [4.69, 9.17) is 10.5 Å². The van der Waals surface area contributed by atoms with Crippen LogP contribution in [0.1, 0.15) is 67.2 Å². The Kier molecular flexibility index (Phi) is 9.56. The van der Waals surface area contributed by atoms with Gasteiger partial charge in [0.1, 0.15) is 0 Å². The lowest BCUT2D eigenvalue weighted by Gasteiger charge is -2.39. The third-order valence-corrected chi connectivity index (χ3v) is 5.30. The van der Waals surface area contributed by atoms with Gasteiger partial charge in [0.15, 0.2) is 5.82 Å². The lowest BCUT2D eigenvalue weighted by molar-refractivity contribution is -0.130. The Morgan fingerprint density at radius 3 is 2.21 bits per heavy atom. The molecular formula is C22H40N4O2. The molecule has 1 atom stereocenters. The molecular weight excluding hydrogens is 352 g/mol. The first-order valence-corrected chi connectivity index (χ1v) is 10.5. The molecule has 1 heterocycles. The van der Waals surface area contributed by atoms with Crippen LogP contribution in [0.5, 0.6) is 5.88 Å². The minimum atomic E-state index is -0.0465. The van der Waals surface area contributed by atoms with E-state index < -0.39 is 0 Å². The minimum absolute atomic E-state index is 0.0465. The Balaban J connectivity index is 3.20. The number of carbonyl (C=O) groups excluding carboxylic acids is 1. The van der Waals surface area contributed by atoms with Gasteiger partial charge in [-0.15, -0.1) is 0 Å². The number of rotatable bonds is 11. The zero-order valence-electron chi connectivity index (χ0n) is 18.9. The number of anilines is 2. The van der Waals surface area contributed by atoms with Gasteiger partial charge in [0.25, 0.3) is 0 Å². The number of hydrogen-bond donors (Lipinski definition) is 1. The van der Waals surface area contributed by atoms with E-state index in [1.54, 1.807) is 19.2 Å². The fraction of sp³-hybridized carbons (Fsp3) is 0.727. The van der Waals surface area contributed by atoms with E-state index >= 15 is 0 Å². The zero-order valence-corrected chi connectivity index (χ0v) is 18.9. The Bertz CT molecular complexity index is 605. The highest BCUT2D eigenvalue weighted by Crippen LogP contribution is 2.32. The third kappa shape index (κ3) is 6.88. The number of nitrogens with zero attached hydrogens (tertiary/aromatic N) is 3.